The second-order valence-electron chi connectivity index (χ2n) is 6.95. The number of benzene rings is 1. The molecule has 0 aliphatic heterocycles. The molecule has 2 aromatic heterocycles. The first kappa shape index (κ1) is 26.1. The van der Waals surface area contributed by atoms with Gasteiger partial charge in [-0.3, -0.25) is 4.98 Å². The number of allylic oxidation sites excluding steroid dienone is 1. The minimum atomic E-state index is -3.25. The van der Waals surface area contributed by atoms with Crippen molar-refractivity contribution in [3.63, 3.8) is 0 Å². The molecule has 2 heterocycles. The lowest BCUT2D eigenvalue weighted by atomic mass is 10.00. The van der Waals surface area contributed by atoms with Gasteiger partial charge >= 0.3 is 0 Å². The fourth-order valence-corrected chi connectivity index (χ4v) is 4.11. The predicted octanol–water partition coefficient (Wildman–Crippen LogP) is 4.30. The molecule has 0 atom stereocenters. The molecule has 0 aliphatic carbocycles. The van der Waals surface area contributed by atoms with Crippen LogP contribution in [0.1, 0.15) is 22.4 Å². The van der Waals surface area contributed by atoms with Gasteiger partial charge in [-0.05, 0) is 55.3 Å². The zero-order chi connectivity index (χ0) is 20.5. The number of rotatable bonds is 6. The number of sulfone groups is 1. The third kappa shape index (κ3) is 5.40. The molecule has 0 fully saturated rings. The second kappa shape index (κ2) is 10.4. The molecule has 3 rings (SSSR count). The molecule has 0 bridgehead atoms. The number of hydrogen-bond acceptors (Lipinski definition) is 4. The lowest BCUT2D eigenvalue weighted by Crippen LogP contribution is -2.04. The molecule has 5 nitrogen and oxygen atoms in total. The van der Waals surface area contributed by atoms with E-state index in [1.807, 2.05) is 36.6 Å². The van der Waals surface area contributed by atoms with Gasteiger partial charge in [-0.15, -0.1) is 24.8 Å². The molecule has 2 N–H and O–H groups in total. The van der Waals surface area contributed by atoms with E-state index in [-0.39, 0.29) is 43.7 Å². The lowest BCUT2D eigenvalue weighted by molar-refractivity contribution is 0.554. The number of halogens is 3. The lowest BCUT2D eigenvalue weighted by Gasteiger charge is -2.10. The average Bonchev–Trinajstić information content (AvgIpc) is 2.88. The highest BCUT2D eigenvalue weighted by Gasteiger charge is 2.17. The summed E-state index contributed by atoms with van der Waals surface area (Å²) in [4.78, 5) is 4.82. The number of nitrogens with two attached hydrogens (primary N) is 1. The molecule has 0 saturated carbocycles. The van der Waals surface area contributed by atoms with Crippen LogP contribution in [0, 0.1) is 13.8 Å². The van der Waals surface area contributed by atoms with Crippen LogP contribution in [-0.2, 0) is 22.8 Å². The van der Waals surface area contributed by atoms with E-state index in [9.17, 15) is 12.8 Å². The van der Waals surface area contributed by atoms with Gasteiger partial charge in [0.05, 0.1) is 22.5 Å². The molecule has 0 saturated heterocycles. The topological polar surface area (TPSA) is 78.0 Å². The van der Waals surface area contributed by atoms with E-state index in [2.05, 4.69) is 4.98 Å². The van der Waals surface area contributed by atoms with Crippen LogP contribution in [0.5, 0.6) is 0 Å². The van der Waals surface area contributed by atoms with Gasteiger partial charge in [-0.1, -0.05) is 6.07 Å². The van der Waals surface area contributed by atoms with Crippen LogP contribution in [0.4, 0.5) is 4.39 Å². The van der Waals surface area contributed by atoms with E-state index in [0.29, 0.717) is 11.3 Å². The van der Waals surface area contributed by atoms with Gasteiger partial charge in [-0.25, -0.2) is 12.8 Å². The van der Waals surface area contributed by atoms with E-state index in [4.69, 9.17) is 5.73 Å². The minimum absolute atomic E-state index is 0. The molecular weight excluding hydrogens is 448 g/mol. The molecule has 1 aromatic carbocycles. The Morgan fingerprint density at radius 3 is 2.53 bits per heavy atom. The van der Waals surface area contributed by atoms with Crippen LogP contribution < -0.4 is 5.73 Å². The van der Waals surface area contributed by atoms with Gasteiger partial charge < -0.3 is 10.3 Å². The summed E-state index contributed by atoms with van der Waals surface area (Å²) in [7, 11) is -3.25. The Kier molecular flexibility index (Phi) is 9.05. The van der Waals surface area contributed by atoms with Crippen LogP contribution in [-0.4, -0.2) is 30.8 Å². The number of aryl methyl sites for hydroxylation is 1. The van der Waals surface area contributed by atoms with E-state index in [0.717, 1.165) is 33.4 Å². The second-order valence-corrected chi connectivity index (χ2v) is 8.96. The van der Waals surface area contributed by atoms with Crippen molar-refractivity contribution in [2.75, 3.05) is 12.8 Å². The van der Waals surface area contributed by atoms with Crippen LogP contribution in [0.3, 0.4) is 0 Å². The quantitative estimate of drug-likeness (QED) is 0.578. The van der Waals surface area contributed by atoms with E-state index >= 15 is 0 Å². The molecule has 0 unspecified atom stereocenters. The highest BCUT2D eigenvalue weighted by Crippen LogP contribution is 2.29. The highest BCUT2D eigenvalue weighted by molar-refractivity contribution is 7.90. The number of pyridine rings is 1. The Hall–Kier alpha value is -1.93. The Morgan fingerprint density at radius 2 is 1.93 bits per heavy atom. The zero-order valence-corrected chi connectivity index (χ0v) is 19.5. The van der Waals surface area contributed by atoms with Crippen molar-refractivity contribution in [3.05, 3.63) is 70.8 Å². The Labute approximate surface area is 188 Å². The van der Waals surface area contributed by atoms with Gasteiger partial charge in [-0.2, -0.15) is 0 Å². The summed E-state index contributed by atoms with van der Waals surface area (Å²) in [5.74, 6) is -0.286. The molecular formula is C21H26Cl2FN3O2S. The van der Waals surface area contributed by atoms with Crippen molar-refractivity contribution >= 4 is 45.7 Å². The van der Waals surface area contributed by atoms with E-state index < -0.39 is 9.84 Å². The normalized spacial score (nSPS) is 11.8. The summed E-state index contributed by atoms with van der Waals surface area (Å²) < 4.78 is 39.6. The molecule has 30 heavy (non-hydrogen) atoms. The van der Waals surface area contributed by atoms with Gasteiger partial charge in [0.25, 0.3) is 0 Å². The minimum Gasteiger partial charge on any atom is -0.336 e. The summed E-state index contributed by atoms with van der Waals surface area (Å²) in [6.07, 6.45) is 4.88. The summed E-state index contributed by atoms with van der Waals surface area (Å²) in [5.41, 5.74) is 11.0. The maximum atomic E-state index is 14.1. The molecule has 3 aromatic rings. The molecule has 9 heteroatoms. The fourth-order valence-electron chi connectivity index (χ4n) is 3.41. The van der Waals surface area contributed by atoms with Crippen molar-refractivity contribution in [2.24, 2.45) is 5.73 Å². The summed E-state index contributed by atoms with van der Waals surface area (Å²) in [6.45, 7) is 4.11. The van der Waals surface area contributed by atoms with Crippen molar-refractivity contribution in [1.82, 2.24) is 9.55 Å². The first-order chi connectivity index (χ1) is 13.2. The van der Waals surface area contributed by atoms with Crippen LogP contribution >= 0.6 is 24.8 Å². The van der Waals surface area contributed by atoms with E-state index in [1.54, 1.807) is 18.3 Å². The SMILES string of the molecule is Cc1cc(S(C)(=O)=O)ccc1Cc1c(C)n(C/C(F)=C/CN)c2cccnc12.Cl.Cl. The van der Waals surface area contributed by atoms with Gasteiger partial charge in [0.1, 0.15) is 5.83 Å². The highest BCUT2D eigenvalue weighted by atomic mass is 35.5. The number of hydrogen-bond donors (Lipinski definition) is 1. The van der Waals surface area contributed by atoms with Crippen LogP contribution in [0.15, 0.2) is 53.3 Å². The van der Waals surface area contributed by atoms with Crippen molar-refractivity contribution in [3.8, 4) is 0 Å². The number of aromatic nitrogens is 2. The standard InChI is InChI=1S/C21H24FN3O2S.2ClH/c1-14-11-18(28(3,26)27)7-6-16(14)12-19-15(2)25(13-17(22)8-9-23)20-5-4-10-24-21(19)20;;/h4-8,10-11H,9,12-13,23H2,1-3H3;2*1H/b17-8-;;. The molecule has 0 amide bonds. The Balaban J connectivity index is 0.00000225. The average molecular weight is 474 g/mol. The van der Waals surface area contributed by atoms with Crippen molar-refractivity contribution in [2.45, 2.75) is 31.7 Å². The maximum Gasteiger partial charge on any atom is 0.175 e. The largest absolute Gasteiger partial charge is 0.336 e. The van der Waals surface area contributed by atoms with Gasteiger partial charge in [0.2, 0.25) is 0 Å². The third-order valence-corrected chi connectivity index (χ3v) is 6.07. The van der Waals surface area contributed by atoms with Crippen LogP contribution in [0.2, 0.25) is 0 Å². The van der Waals surface area contributed by atoms with Crippen LogP contribution in [0.25, 0.3) is 11.0 Å². The van der Waals surface area contributed by atoms with Crippen molar-refractivity contribution < 1.29 is 12.8 Å². The number of nitrogens with zero attached hydrogens (tertiary/aromatic N) is 2. The Bertz CT molecular complexity index is 1170. The smallest absolute Gasteiger partial charge is 0.175 e. The van der Waals surface area contributed by atoms with Gasteiger partial charge in [0.15, 0.2) is 9.84 Å². The number of fused-ring (bicyclic) bond motifs is 1. The first-order valence-corrected chi connectivity index (χ1v) is 10.9. The fraction of sp³-hybridized carbons (Fsp3) is 0.286. The van der Waals surface area contributed by atoms with Gasteiger partial charge in [0, 0.05) is 36.7 Å². The van der Waals surface area contributed by atoms with Crippen molar-refractivity contribution in [1.29, 1.82) is 0 Å². The third-order valence-electron chi connectivity index (χ3n) is 4.96. The molecule has 164 valence electrons. The predicted molar refractivity (Wildman–Crippen MR) is 124 cm³/mol. The monoisotopic (exact) mass is 473 g/mol. The maximum absolute atomic E-state index is 14.1. The molecule has 0 radical (unpaired) electrons. The van der Waals surface area contributed by atoms with E-state index in [1.165, 1.54) is 12.3 Å². The first-order valence-electron chi connectivity index (χ1n) is 8.99. The summed E-state index contributed by atoms with van der Waals surface area (Å²) in [6, 6.07) is 8.92. The zero-order valence-electron chi connectivity index (χ0n) is 17.1. The Morgan fingerprint density at radius 1 is 1.23 bits per heavy atom. The summed E-state index contributed by atoms with van der Waals surface area (Å²) in [5, 5.41) is 0. The molecule has 0 spiro atoms. The summed E-state index contributed by atoms with van der Waals surface area (Å²) >= 11 is 0. The molecule has 0 aliphatic rings.